The van der Waals surface area contributed by atoms with Crippen molar-refractivity contribution in [3.8, 4) is 11.4 Å². The van der Waals surface area contributed by atoms with Crippen LogP contribution in [0.4, 0.5) is 5.69 Å². The van der Waals surface area contributed by atoms with Gasteiger partial charge in [-0.1, -0.05) is 39.8 Å². The number of hydrogen-bond acceptors (Lipinski definition) is 4. The molecule has 19 heavy (non-hydrogen) atoms. The predicted octanol–water partition coefficient (Wildman–Crippen LogP) is 2.53. The average Bonchev–Trinajstić information content (AvgIpc) is 2.70. The van der Waals surface area contributed by atoms with Gasteiger partial charge in [0.25, 0.3) is 0 Å². The Morgan fingerprint density at radius 2 is 1.84 bits per heavy atom. The Morgan fingerprint density at radius 3 is 2.42 bits per heavy atom. The first-order valence-electron chi connectivity index (χ1n) is 6.49. The maximum Gasteiger partial charge on any atom is 0.182 e. The van der Waals surface area contributed by atoms with Crippen LogP contribution < -0.4 is 5.73 Å². The van der Waals surface area contributed by atoms with Gasteiger partial charge >= 0.3 is 0 Å². The molecule has 5 nitrogen and oxygen atoms in total. The first-order chi connectivity index (χ1) is 8.85. The van der Waals surface area contributed by atoms with Crippen molar-refractivity contribution in [3.63, 3.8) is 0 Å². The van der Waals surface area contributed by atoms with E-state index in [-0.39, 0.29) is 10.8 Å². The van der Waals surface area contributed by atoms with Crippen molar-refractivity contribution in [2.45, 2.75) is 33.7 Å². The van der Waals surface area contributed by atoms with E-state index in [1.54, 1.807) is 0 Å². The quantitative estimate of drug-likeness (QED) is 0.839. The van der Waals surface area contributed by atoms with Gasteiger partial charge in [-0.25, -0.2) is 4.68 Å². The molecule has 1 fully saturated rings. The van der Waals surface area contributed by atoms with Gasteiger partial charge in [-0.3, -0.25) is 0 Å². The second-order valence-corrected chi connectivity index (χ2v) is 6.42. The summed E-state index contributed by atoms with van der Waals surface area (Å²) < 4.78 is 1.94. The largest absolute Gasteiger partial charge is 0.399 e. The highest BCUT2D eigenvalue weighted by molar-refractivity contribution is 5.61. The van der Waals surface area contributed by atoms with E-state index in [2.05, 4.69) is 43.2 Å². The van der Waals surface area contributed by atoms with E-state index < -0.39 is 0 Å². The molecule has 1 aliphatic rings. The topological polar surface area (TPSA) is 69.6 Å². The van der Waals surface area contributed by atoms with Gasteiger partial charge in [-0.2, -0.15) is 0 Å². The number of nitrogens with zero attached hydrogens (tertiary/aromatic N) is 4. The second kappa shape index (κ2) is 3.56. The van der Waals surface area contributed by atoms with Crippen LogP contribution in [0.5, 0.6) is 0 Å². The summed E-state index contributed by atoms with van der Waals surface area (Å²) in [4.78, 5) is 0. The van der Waals surface area contributed by atoms with Gasteiger partial charge in [0.15, 0.2) is 5.82 Å². The SMILES string of the molecule is CC1(C)C(n2nnnc2-c2cccc(N)c2)C1(C)C. The minimum Gasteiger partial charge on any atom is -0.399 e. The maximum atomic E-state index is 5.84. The second-order valence-electron chi connectivity index (χ2n) is 6.42. The highest BCUT2D eigenvalue weighted by atomic mass is 15.6. The summed E-state index contributed by atoms with van der Waals surface area (Å²) in [5, 5.41) is 12.2. The lowest BCUT2D eigenvalue weighted by molar-refractivity contribution is 0.457. The van der Waals surface area contributed by atoms with Crippen LogP contribution in [0, 0.1) is 10.8 Å². The molecule has 0 spiro atoms. The lowest BCUT2D eigenvalue weighted by Crippen LogP contribution is -2.05. The molecule has 0 amide bonds. The van der Waals surface area contributed by atoms with E-state index in [1.165, 1.54) is 0 Å². The fourth-order valence-corrected chi connectivity index (χ4v) is 3.01. The van der Waals surface area contributed by atoms with E-state index in [0.29, 0.717) is 6.04 Å². The number of hydrogen-bond donors (Lipinski definition) is 1. The highest BCUT2D eigenvalue weighted by Gasteiger charge is 2.67. The zero-order valence-corrected chi connectivity index (χ0v) is 11.8. The molecular weight excluding hydrogens is 238 g/mol. The van der Waals surface area contributed by atoms with Crippen molar-refractivity contribution >= 4 is 5.69 Å². The van der Waals surface area contributed by atoms with Crippen molar-refractivity contribution in [1.29, 1.82) is 0 Å². The van der Waals surface area contributed by atoms with E-state index in [9.17, 15) is 0 Å². The summed E-state index contributed by atoms with van der Waals surface area (Å²) in [6, 6.07) is 7.99. The molecule has 5 heteroatoms. The molecule has 100 valence electrons. The molecule has 0 atom stereocenters. The molecule has 1 aliphatic carbocycles. The van der Waals surface area contributed by atoms with Gasteiger partial charge in [0.1, 0.15) is 0 Å². The van der Waals surface area contributed by atoms with Crippen LogP contribution in [-0.2, 0) is 0 Å². The first-order valence-corrected chi connectivity index (χ1v) is 6.49. The lowest BCUT2D eigenvalue weighted by Gasteiger charge is -2.06. The number of nitrogen functional groups attached to an aromatic ring is 1. The standard InChI is InChI=1S/C14H19N5/c1-13(2)12(14(13,3)4)19-11(16-17-18-19)9-6-5-7-10(15)8-9/h5-8,12H,15H2,1-4H3. The van der Waals surface area contributed by atoms with Gasteiger partial charge in [0, 0.05) is 11.3 Å². The van der Waals surface area contributed by atoms with Crippen molar-refractivity contribution in [1.82, 2.24) is 20.2 Å². The normalized spacial score (nSPS) is 20.4. The Balaban J connectivity index is 2.06. The van der Waals surface area contributed by atoms with E-state index in [0.717, 1.165) is 17.1 Å². The molecular formula is C14H19N5. The van der Waals surface area contributed by atoms with Crippen molar-refractivity contribution in [2.75, 3.05) is 5.73 Å². The summed E-state index contributed by atoms with van der Waals surface area (Å²) in [6.45, 7) is 9.01. The van der Waals surface area contributed by atoms with Crippen LogP contribution in [0.1, 0.15) is 33.7 Å². The fraction of sp³-hybridized carbons (Fsp3) is 0.500. The molecule has 3 rings (SSSR count). The minimum atomic E-state index is 0.192. The van der Waals surface area contributed by atoms with Crippen LogP contribution in [-0.4, -0.2) is 20.2 Å². The number of tetrazole rings is 1. The summed E-state index contributed by atoms with van der Waals surface area (Å²) >= 11 is 0. The zero-order chi connectivity index (χ0) is 13.8. The Labute approximate surface area is 112 Å². The molecule has 2 N–H and O–H groups in total. The molecule has 1 heterocycles. The Kier molecular flexibility index (Phi) is 2.27. The van der Waals surface area contributed by atoms with Crippen LogP contribution in [0.25, 0.3) is 11.4 Å². The Bertz CT molecular complexity index is 612. The van der Waals surface area contributed by atoms with Crippen molar-refractivity contribution < 1.29 is 0 Å². The summed E-state index contributed by atoms with van der Waals surface area (Å²) in [7, 11) is 0. The molecule has 1 saturated carbocycles. The summed E-state index contributed by atoms with van der Waals surface area (Å²) in [5.74, 6) is 0.788. The van der Waals surface area contributed by atoms with Gasteiger partial charge in [-0.15, -0.1) is 5.10 Å². The van der Waals surface area contributed by atoms with Crippen LogP contribution in [0.2, 0.25) is 0 Å². The zero-order valence-electron chi connectivity index (χ0n) is 11.8. The maximum absolute atomic E-state index is 5.84. The lowest BCUT2D eigenvalue weighted by atomic mass is 10.0. The Hall–Kier alpha value is -1.91. The van der Waals surface area contributed by atoms with Gasteiger partial charge in [0.05, 0.1) is 6.04 Å². The molecule has 0 aliphatic heterocycles. The number of aromatic nitrogens is 4. The third kappa shape index (κ3) is 1.57. The highest BCUT2D eigenvalue weighted by Crippen LogP contribution is 2.71. The van der Waals surface area contributed by atoms with Crippen molar-refractivity contribution in [2.24, 2.45) is 10.8 Å². The summed E-state index contributed by atoms with van der Waals surface area (Å²) in [5.41, 5.74) is 7.90. The van der Waals surface area contributed by atoms with Crippen LogP contribution in [0.3, 0.4) is 0 Å². The molecule has 1 aromatic heterocycles. The fourth-order valence-electron chi connectivity index (χ4n) is 3.01. The van der Waals surface area contributed by atoms with Gasteiger partial charge in [0.2, 0.25) is 0 Å². The predicted molar refractivity (Wildman–Crippen MR) is 74.3 cm³/mol. The molecule has 0 radical (unpaired) electrons. The smallest absolute Gasteiger partial charge is 0.182 e. The minimum absolute atomic E-state index is 0.192. The number of rotatable bonds is 2. The van der Waals surface area contributed by atoms with E-state index >= 15 is 0 Å². The van der Waals surface area contributed by atoms with Crippen LogP contribution >= 0.6 is 0 Å². The van der Waals surface area contributed by atoms with Gasteiger partial charge in [-0.05, 0) is 33.4 Å². The molecule has 2 aromatic rings. The first kappa shape index (κ1) is 12.1. The molecule has 0 bridgehead atoms. The van der Waals surface area contributed by atoms with Crippen LogP contribution in [0.15, 0.2) is 24.3 Å². The van der Waals surface area contributed by atoms with Crippen molar-refractivity contribution in [3.05, 3.63) is 24.3 Å². The average molecular weight is 257 g/mol. The number of anilines is 1. The van der Waals surface area contributed by atoms with Gasteiger partial charge < -0.3 is 5.73 Å². The third-order valence-electron chi connectivity index (χ3n) is 4.83. The Morgan fingerprint density at radius 1 is 1.16 bits per heavy atom. The number of benzene rings is 1. The molecule has 1 aromatic carbocycles. The summed E-state index contributed by atoms with van der Waals surface area (Å²) in [6.07, 6.45) is 0. The number of nitrogens with two attached hydrogens (primary N) is 1. The van der Waals surface area contributed by atoms with E-state index in [1.807, 2.05) is 28.9 Å². The molecule has 0 unspecified atom stereocenters. The monoisotopic (exact) mass is 257 g/mol. The third-order valence-corrected chi connectivity index (χ3v) is 4.83. The molecule has 0 saturated heterocycles. The van der Waals surface area contributed by atoms with E-state index in [4.69, 9.17) is 5.73 Å².